The average Bonchev–Trinajstić information content (AvgIpc) is 0.700. The molecule has 0 N–H and O–H groups in total. The smallest absolute Gasteiger partial charge is 0.0546 e. The van der Waals surface area contributed by atoms with E-state index in [2.05, 4.69) is 199 Å². The van der Waals surface area contributed by atoms with Crippen molar-refractivity contribution in [2.45, 2.75) is 351 Å². The number of unbranched alkanes of at least 4 members (excludes halogenated alkanes) is 14. The zero-order valence-electron chi connectivity index (χ0n) is 62.5. The van der Waals surface area contributed by atoms with Crippen molar-refractivity contribution in [2.24, 2.45) is 0 Å². The molecule has 0 aromatic heterocycles. The van der Waals surface area contributed by atoms with E-state index in [1.54, 1.807) is 98.6 Å². The fourth-order valence-corrected chi connectivity index (χ4v) is 30.3. The summed E-state index contributed by atoms with van der Waals surface area (Å²) in [5, 5.41) is 10.7. The van der Waals surface area contributed by atoms with Crippen LogP contribution in [0.15, 0.2) is 109 Å². The topological polar surface area (TPSA) is 0 Å². The van der Waals surface area contributed by atoms with E-state index in [4.69, 9.17) is 0 Å². The Balaban J connectivity index is 2.23. The van der Waals surface area contributed by atoms with Crippen LogP contribution in [0.3, 0.4) is 0 Å². The highest BCUT2D eigenvalue weighted by molar-refractivity contribution is 8.05. The molecule has 0 nitrogen and oxygen atoms in total. The van der Waals surface area contributed by atoms with E-state index in [1.807, 2.05) is 0 Å². The molecule has 3 heteroatoms. The minimum Gasteiger partial charge on any atom is -0.0654 e. The van der Waals surface area contributed by atoms with Crippen molar-refractivity contribution in [3.05, 3.63) is 176 Å². The first-order chi connectivity index (χ1) is 45.7. The first-order valence-corrected chi connectivity index (χ1v) is 43.8. The third-order valence-electron chi connectivity index (χ3n) is 20.6. The minimum absolute atomic E-state index is 0.229. The van der Waals surface area contributed by atoms with Crippen molar-refractivity contribution in [2.75, 3.05) is 0 Å². The van der Waals surface area contributed by atoms with E-state index in [0.29, 0.717) is 0 Å². The van der Waals surface area contributed by atoms with E-state index < -0.39 is 23.8 Å². The van der Waals surface area contributed by atoms with Gasteiger partial charge in [-0.1, -0.05) is 296 Å². The molecule has 0 heterocycles. The van der Waals surface area contributed by atoms with Crippen LogP contribution < -0.4 is 31.8 Å². The number of rotatable bonds is 49. The lowest BCUT2D eigenvalue weighted by molar-refractivity contribution is 0.680. The first-order valence-electron chi connectivity index (χ1n) is 39.8. The summed E-state index contributed by atoms with van der Waals surface area (Å²) in [6, 6.07) is 48.7. The van der Waals surface area contributed by atoms with Crippen LogP contribution in [0.5, 0.6) is 0 Å². The number of aryl methyl sites for hydroxylation is 6. The first kappa shape index (κ1) is 78.6. The van der Waals surface area contributed by atoms with Crippen molar-refractivity contribution in [3.8, 4) is 0 Å². The maximum absolute atomic E-state index is 2.85. The molecule has 6 aromatic carbocycles. The molecule has 512 valence electrons. The minimum atomic E-state index is -1.15. The van der Waals surface area contributed by atoms with Gasteiger partial charge in [-0.2, -0.15) is 0 Å². The second-order valence-corrected chi connectivity index (χ2v) is 36.2. The fraction of sp³-hybridized carbons (Fsp3) is 0.600. The van der Waals surface area contributed by atoms with Gasteiger partial charge in [-0.05, 0) is 283 Å². The third kappa shape index (κ3) is 21.3. The van der Waals surface area contributed by atoms with Crippen molar-refractivity contribution in [1.29, 1.82) is 0 Å². The lowest BCUT2D eigenvalue weighted by atomic mass is 9.97. The molecule has 0 radical (unpaired) electrons. The highest BCUT2D eigenvalue weighted by Crippen LogP contribution is 2.81. The summed E-state index contributed by atoms with van der Waals surface area (Å²) in [4.78, 5) is 0. The predicted molar refractivity (Wildman–Crippen MR) is 427 cm³/mol. The van der Waals surface area contributed by atoms with Crippen LogP contribution >= 0.6 is 23.8 Å². The standard InChI is InChI=1S/C90H137P3/c1-14-27-40-71-90(91(84-65-41-53-72(47-28-15-2)78(84)59-34-21-8)85-66-42-54-73(48-29-16-3)79(85)60-35-22-9,92(86-67-43-55-74(49-30-17-4)80(86)61-36-23-10)87-68-44-56-75(50-31-18-5)81(87)62-37-24-11)93(88-69-45-57-76(51-32-19-6)82(88)63-38-25-12)89-70-46-58-77(52-33-20-7)83(89)64-39-26-13/h41-46,53-58,65-70H,14-40,47-52,59-64,71H2,1-13H3. The molecule has 0 aliphatic heterocycles. The van der Waals surface area contributed by atoms with Crippen molar-refractivity contribution < 1.29 is 0 Å². The molecule has 0 bridgehead atoms. The van der Waals surface area contributed by atoms with Crippen molar-refractivity contribution in [3.63, 3.8) is 0 Å². The van der Waals surface area contributed by atoms with Crippen LogP contribution in [0.4, 0.5) is 0 Å². The molecule has 0 saturated carbocycles. The molecular formula is C90H137P3. The molecule has 0 amide bonds. The van der Waals surface area contributed by atoms with Gasteiger partial charge in [0.25, 0.3) is 0 Å². The van der Waals surface area contributed by atoms with Gasteiger partial charge in [0, 0.05) is 0 Å². The van der Waals surface area contributed by atoms with Crippen molar-refractivity contribution in [1.82, 2.24) is 0 Å². The SMILES string of the molecule is CCCCCC(P(c1cccc(CCCC)c1CCCC)c1cccc(CCCC)c1CCCC)(P(c1cccc(CCCC)c1CCCC)c1cccc(CCCC)c1CCCC)P(c1cccc(CCCC)c1CCCC)c1cccc(CCCC)c1CCCC. The van der Waals surface area contributed by atoms with Gasteiger partial charge in [-0.25, -0.2) is 0 Å². The summed E-state index contributed by atoms with van der Waals surface area (Å²) in [7, 11) is -3.45. The molecule has 6 aromatic rings. The summed E-state index contributed by atoms with van der Waals surface area (Å²) in [5.41, 5.74) is 20.5. The van der Waals surface area contributed by atoms with Crippen LogP contribution in [0.25, 0.3) is 0 Å². The Labute approximate surface area is 579 Å². The Hall–Kier alpha value is -3.39. The highest BCUT2D eigenvalue weighted by Gasteiger charge is 2.56. The second kappa shape index (κ2) is 44.5. The Morgan fingerprint density at radius 1 is 0.194 bits per heavy atom. The molecular weight excluding hydrogens is 1170 g/mol. The van der Waals surface area contributed by atoms with Gasteiger partial charge in [0.15, 0.2) is 0 Å². The van der Waals surface area contributed by atoms with E-state index in [9.17, 15) is 0 Å². The number of hydrogen-bond acceptors (Lipinski definition) is 0. The highest BCUT2D eigenvalue weighted by atomic mass is 31.2. The summed E-state index contributed by atoms with van der Waals surface area (Å²) < 4.78 is -0.229. The number of benzene rings is 6. The Kier molecular flexibility index (Phi) is 37.6. The van der Waals surface area contributed by atoms with E-state index in [-0.39, 0.29) is 4.64 Å². The predicted octanol–water partition coefficient (Wildman–Crippen LogP) is 25.7. The van der Waals surface area contributed by atoms with Crippen molar-refractivity contribution >= 4 is 55.6 Å². The molecule has 0 spiro atoms. The Morgan fingerprint density at radius 2 is 0.355 bits per heavy atom. The van der Waals surface area contributed by atoms with Crippen LogP contribution in [0, 0.1) is 0 Å². The van der Waals surface area contributed by atoms with Crippen LogP contribution in [0.2, 0.25) is 0 Å². The molecule has 93 heavy (non-hydrogen) atoms. The second-order valence-electron chi connectivity index (χ2n) is 28.0. The number of hydrogen-bond donors (Lipinski definition) is 0. The van der Waals surface area contributed by atoms with Gasteiger partial charge in [-0.15, -0.1) is 0 Å². The summed E-state index contributed by atoms with van der Waals surface area (Å²) >= 11 is 0. The van der Waals surface area contributed by atoms with Gasteiger partial charge < -0.3 is 0 Å². The summed E-state index contributed by atoms with van der Waals surface area (Å²) in [5.74, 6) is 0. The van der Waals surface area contributed by atoms with Crippen LogP contribution in [0.1, 0.15) is 337 Å². The van der Waals surface area contributed by atoms with Gasteiger partial charge >= 0.3 is 0 Å². The molecule has 6 rings (SSSR count). The maximum Gasteiger partial charge on any atom is 0.0546 e. The molecule has 0 unspecified atom stereocenters. The Morgan fingerprint density at radius 3 is 0.516 bits per heavy atom. The van der Waals surface area contributed by atoms with Crippen LogP contribution in [-0.2, 0) is 77.0 Å². The normalized spacial score (nSPS) is 12.0. The molecule has 0 aliphatic rings. The Bertz CT molecular complexity index is 2530. The summed E-state index contributed by atoms with van der Waals surface area (Å²) in [6.07, 6.45) is 48.3. The van der Waals surface area contributed by atoms with E-state index >= 15 is 0 Å². The third-order valence-corrected chi connectivity index (χ3v) is 32.4. The molecule has 0 aliphatic carbocycles. The van der Waals surface area contributed by atoms with Gasteiger partial charge in [-0.3, -0.25) is 0 Å². The maximum atomic E-state index is 2.85. The lowest BCUT2D eigenvalue weighted by Gasteiger charge is -2.55. The van der Waals surface area contributed by atoms with Crippen LogP contribution in [-0.4, -0.2) is 4.64 Å². The zero-order chi connectivity index (χ0) is 66.6. The molecule has 0 fully saturated rings. The van der Waals surface area contributed by atoms with Gasteiger partial charge in [0.05, 0.1) is 4.64 Å². The fourth-order valence-electron chi connectivity index (χ4n) is 15.2. The van der Waals surface area contributed by atoms with E-state index in [0.717, 1.165) is 38.5 Å². The largest absolute Gasteiger partial charge is 0.0654 e. The van der Waals surface area contributed by atoms with Gasteiger partial charge in [0.2, 0.25) is 0 Å². The monoisotopic (exact) mass is 1310 g/mol. The van der Waals surface area contributed by atoms with Gasteiger partial charge in [0.1, 0.15) is 0 Å². The zero-order valence-corrected chi connectivity index (χ0v) is 65.2. The average molecular weight is 1310 g/mol. The molecule has 0 atom stereocenters. The lowest BCUT2D eigenvalue weighted by Crippen LogP contribution is -2.46. The van der Waals surface area contributed by atoms with E-state index in [1.165, 1.54) is 218 Å². The quantitative estimate of drug-likeness (QED) is 0.0264. The summed E-state index contributed by atoms with van der Waals surface area (Å²) in [6.45, 7) is 32.0. The molecule has 0 saturated heterocycles.